The molecule has 14 heavy (non-hydrogen) atoms. The Kier molecular flexibility index (Phi) is 2.37. The van der Waals surface area contributed by atoms with Gasteiger partial charge in [-0.3, -0.25) is 4.68 Å². The number of aromatic nitrogens is 2. The molecule has 0 saturated carbocycles. The zero-order chi connectivity index (χ0) is 10.1. The summed E-state index contributed by atoms with van der Waals surface area (Å²) in [5.74, 6) is -0.252. The zero-order valence-corrected chi connectivity index (χ0v) is 9.12. The van der Waals surface area contributed by atoms with Crippen molar-refractivity contribution in [3.05, 3.63) is 40.9 Å². The summed E-state index contributed by atoms with van der Waals surface area (Å²) in [6, 6.07) is 4.78. The molecule has 2 nitrogen and oxygen atoms in total. The monoisotopic (exact) mass is 254 g/mol. The first kappa shape index (κ1) is 9.40. The average Bonchev–Trinajstić information content (AvgIpc) is 2.50. The van der Waals surface area contributed by atoms with Crippen molar-refractivity contribution >= 4 is 15.9 Å². The zero-order valence-electron chi connectivity index (χ0n) is 7.54. The quantitative estimate of drug-likeness (QED) is 0.765. The molecule has 0 aliphatic heterocycles. The van der Waals surface area contributed by atoms with Crippen LogP contribution in [0.5, 0.6) is 0 Å². The van der Waals surface area contributed by atoms with Crippen molar-refractivity contribution in [2.24, 2.45) is 7.05 Å². The molecule has 4 heteroatoms. The summed E-state index contributed by atoms with van der Waals surface area (Å²) in [5.41, 5.74) is 1.73. The van der Waals surface area contributed by atoms with Crippen LogP contribution in [0.4, 0.5) is 4.39 Å². The Balaban J connectivity index is 2.51. The highest BCUT2D eigenvalue weighted by Gasteiger charge is 2.03. The molecule has 0 aliphatic rings. The Bertz CT molecular complexity index is 445. The first-order valence-electron chi connectivity index (χ1n) is 4.10. The second-order valence-electron chi connectivity index (χ2n) is 3.06. The minimum absolute atomic E-state index is 0.252. The maximum atomic E-state index is 13.1. The predicted octanol–water partition coefficient (Wildman–Crippen LogP) is 2.99. The Morgan fingerprint density at radius 2 is 2.07 bits per heavy atom. The van der Waals surface area contributed by atoms with Crippen molar-refractivity contribution in [1.29, 1.82) is 0 Å². The highest BCUT2D eigenvalue weighted by molar-refractivity contribution is 9.10. The molecule has 0 atom stereocenters. The van der Waals surface area contributed by atoms with E-state index in [-0.39, 0.29) is 5.82 Å². The van der Waals surface area contributed by atoms with Gasteiger partial charge in [-0.2, -0.15) is 5.10 Å². The van der Waals surface area contributed by atoms with Gasteiger partial charge < -0.3 is 0 Å². The molecule has 72 valence electrons. The fourth-order valence-electron chi connectivity index (χ4n) is 1.29. The summed E-state index contributed by atoms with van der Waals surface area (Å²) < 4.78 is 15.5. The summed E-state index contributed by atoms with van der Waals surface area (Å²) in [6.45, 7) is 0. The van der Waals surface area contributed by atoms with Crippen LogP contribution in [0.2, 0.25) is 0 Å². The molecule has 0 fully saturated rings. The minimum atomic E-state index is -0.252. The molecule has 0 spiro atoms. The third-order valence-electron chi connectivity index (χ3n) is 1.90. The van der Waals surface area contributed by atoms with Crippen LogP contribution in [-0.2, 0) is 7.05 Å². The van der Waals surface area contributed by atoms with Crippen molar-refractivity contribution in [3.63, 3.8) is 0 Å². The normalized spacial score (nSPS) is 10.5. The molecule has 0 N–H and O–H groups in total. The van der Waals surface area contributed by atoms with Crippen LogP contribution in [0.1, 0.15) is 0 Å². The number of hydrogen-bond donors (Lipinski definition) is 0. The lowest BCUT2D eigenvalue weighted by Gasteiger charge is -1.98. The first-order chi connectivity index (χ1) is 6.65. The van der Waals surface area contributed by atoms with E-state index in [0.717, 1.165) is 15.6 Å². The second kappa shape index (κ2) is 3.53. The van der Waals surface area contributed by atoms with Gasteiger partial charge in [-0.05, 0) is 23.8 Å². The van der Waals surface area contributed by atoms with Gasteiger partial charge in [0.1, 0.15) is 5.82 Å². The third-order valence-corrected chi connectivity index (χ3v) is 2.36. The second-order valence-corrected chi connectivity index (χ2v) is 3.98. The summed E-state index contributed by atoms with van der Waals surface area (Å²) >= 11 is 3.25. The van der Waals surface area contributed by atoms with Crippen molar-refractivity contribution in [2.75, 3.05) is 0 Å². The van der Waals surface area contributed by atoms with E-state index < -0.39 is 0 Å². The summed E-state index contributed by atoms with van der Waals surface area (Å²) in [7, 11) is 1.83. The summed E-state index contributed by atoms with van der Waals surface area (Å²) in [6.07, 6.45) is 3.56. The molecular formula is C10H8BrFN2. The van der Waals surface area contributed by atoms with Crippen molar-refractivity contribution in [3.8, 4) is 11.1 Å². The van der Waals surface area contributed by atoms with Crippen LogP contribution in [0.15, 0.2) is 35.1 Å². The largest absolute Gasteiger partial charge is 0.275 e. The van der Waals surface area contributed by atoms with Crippen LogP contribution >= 0.6 is 15.9 Å². The van der Waals surface area contributed by atoms with Crippen LogP contribution in [0.3, 0.4) is 0 Å². The van der Waals surface area contributed by atoms with E-state index in [9.17, 15) is 4.39 Å². The standard InChI is InChI=1S/C10H8BrFN2/c1-14-6-8(5-13-14)7-2-9(11)4-10(12)3-7/h2-6H,1H3. The Hall–Kier alpha value is -1.16. The minimum Gasteiger partial charge on any atom is -0.275 e. The van der Waals surface area contributed by atoms with Crippen molar-refractivity contribution in [1.82, 2.24) is 9.78 Å². The number of halogens is 2. The van der Waals surface area contributed by atoms with Gasteiger partial charge >= 0.3 is 0 Å². The smallest absolute Gasteiger partial charge is 0.124 e. The van der Waals surface area contributed by atoms with Crippen LogP contribution in [-0.4, -0.2) is 9.78 Å². The van der Waals surface area contributed by atoms with E-state index >= 15 is 0 Å². The van der Waals surface area contributed by atoms with Crippen LogP contribution in [0.25, 0.3) is 11.1 Å². The highest BCUT2D eigenvalue weighted by atomic mass is 79.9. The van der Waals surface area contributed by atoms with Crippen molar-refractivity contribution < 1.29 is 4.39 Å². The fourth-order valence-corrected chi connectivity index (χ4v) is 1.76. The Morgan fingerprint density at radius 3 is 2.64 bits per heavy atom. The topological polar surface area (TPSA) is 17.8 Å². The average molecular weight is 255 g/mol. The van der Waals surface area contributed by atoms with Crippen LogP contribution in [0, 0.1) is 5.82 Å². The lowest BCUT2D eigenvalue weighted by atomic mass is 10.1. The SMILES string of the molecule is Cn1cc(-c2cc(F)cc(Br)c2)cn1. The number of rotatable bonds is 1. The third kappa shape index (κ3) is 1.85. The van der Waals surface area contributed by atoms with E-state index in [1.54, 1.807) is 10.9 Å². The molecule has 1 aromatic heterocycles. The molecule has 0 radical (unpaired) electrons. The maximum Gasteiger partial charge on any atom is 0.124 e. The van der Waals surface area contributed by atoms with Gasteiger partial charge in [0.2, 0.25) is 0 Å². The van der Waals surface area contributed by atoms with E-state index in [4.69, 9.17) is 0 Å². The highest BCUT2D eigenvalue weighted by Crippen LogP contribution is 2.23. The van der Waals surface area contributed by atoms with E-state index in [1.165, 1.54) is 12.1 Å². The van der Waals surface area contributed by atoms with Gasteiger partial charge in [0.15, 0.2) is 0 Å². The fraction of sp³-hybridized carbons (Fsp3) is 0.100. The van der Waals surface area contributed by atoms with E-state index in [1.807, 2.05) is 19.3 Å². The Labute approximate surface area is 89.5 Å². The number of nitrogens with zero attached hydrogens (tertiary/aromatic N) is 2. The molecule has 0 bridgehead atoms. The molecule has 0 amide bonds. The number of hydrogen-bond acceptors (Lipinski definition) is 1. The van der Waals surface area contributed by atoms with Gasteiger partial charge in [-0.1, -0.05) is 15.9 Å². The summed E-state index contributed by atoms with van der Waals surface area (Å²) in [4.78, 5) is 0. The summed E-state index contributed by atoms with van der Waals surface area (Å²) in [5, 5.41) is 4.03. The van der Waals surface area contributed by atoms with Gasteiger partial charge in [0, 0.05) is 23.3 Å². The Morgan fingerprint density at radius 1 is 1.29 bits per heavy atom. The predicted molar refractivity (Wildman–Crippen MR) is 56.3 cm³/mol. The maximum absolute atomic E-state index is 13.1. The lowest BCUT2D eigenvalue weighted by Crippen LogP contribution is -1.84. The van der Waals surface area contributed by atoms with Gasteiger partial charge in [0.05, 0.1) is 6.20 Å². The molecule has 0 unspecified atom stereocenters. The van der Waals surface area contributed by atoms with E-state index in [0.29, 0.717) is 0 Å². The number of aryl methyl sites for hydroxylation is 1. The van der Waals surface area contributed by atoms with Crippen LogP contribution < -0.4 is 0 Å². The van der Waals surface area contributed by atoms with Crippen molar-refractivity contribution in [2.45, 2.75) is 0 Å². The lowest BCUT2D eigenvalue weighted by molar-refractivity contribution is 0.627. The van der Waals surface area contributed by atoms with E-state index in [2.05, 4.69) is 21.0 Å². The molecule has 2 rings (SSSR count). The number of benzene rings is 1. The first-order valence-corrected chi connectivity index (χ1v) is 4.89. The van der Waals surface area contributed by atoms with Gasteiger partial charge in [-0.15, -0.1) is 0 Å². The molecule has 2 aromatic rings. The molecular weight excluding hydrogens is 247 g/mol. The molecule has 0 aliphatic carbocycles. The molecule has 1 aromatic carbocycles. The van der Waals surface area contributed by atoms with Gasteiger partial charge in [0.25, 0.3) is 0 Å². The molecule has 0 saturated heterocycles. The molecule has 1 heterocycles. The van der Waals surface area contributed by atoms with Gasteiger partial charge in [-0.25, -0.2) is 4.39 Å².